The van der Waals surface area contributed by atoms with Crippen molar-refractivity contribution in [2.24, 2.45) is 17.8 Å². The molecule has 0 unspecified atom stereocenters. The number of pyridine rings is 1. The zero-order valence-corrected chi connectivity index (χ0v) is 21.5. The van der Waals surface area contributed by atoms with E-state index in [0.29, 0.717) is 30.6 Å². The Bertz CT molecular complexity index is 1130. The molecule has 3 N–H and O–H groups in total. The molecule has 3 atom stereocenters. The fraction of sp³-hybridized carbons (Fsp3) is 0.517. The van der Waals surface area contributed by atoms with Crippen molar-refractivity contribution in [3.63, 3.8) is 0 Å². The van der Waals surface area contributed by atoms with E-state index in [4.69, 9.17) is 5.73 Å². The van der Waals surface area contributed by atoms with Gasteiger partial charge in [-0.3, -0.25) is 14.5 Å². The standard InChI is InChI=1S/C29H37N5O3/c1-2-33(22-11-7-4-8-12-22)28(36)26-23(17-19-15-16-31-24(30)18-19)27(35)34(26)29(37)32-25(21-13-14-21)20-9-5-3-6-10-20/h4,7-8,11-12,15-16,18,20-21,23,25-26H,2-3,5-6,9-10,13-14,17H2,1H3,(H2,30,31)(H,32,37)/t23-,25+,26+/m1/s1. The summed E-state index contributed by atoms with van der Waals surface area (Å²) in [5.74, 6) is 0.102. The summed E-state index contributed by atoms with van der Waals surface area (Å²) in [4.78, 5) is 47.9. The molecule has 1 aliphatic heterocycles. The molecule has 2 aliphatic carbocycles. The molecule has 8 nitrogen and oxygen atoms in total. The Morgan fingerprint density at radius 2 is 1.78 bits per heavy atom. The van der Waals surface area contributed by atoms with Gasteiger partial charge in [-0.1, -0.05) is 37.5 Å². The summed E-state index contributed by atoms with van der Waals surface area (Å²) in [6, 6.07) is 11.7. The van der Waals surface area contributed by atoms with Crippen molar-refractivity contribution in [2.75, 3.05) is 17.2 Å². The van der Waals surface area contributed by atoms with Crippen LogP contribution in [0.2, 0.25) is 0 Å². The number of imide groups is 1. The van der Waals surface area contributed by atoms with Gasteiger partial charge in [0.2, 0.25) is 5.91 Å². The molecule has 3 fully saturated rings. The minimum absolute atomic E-state index is 0.0757. The highest BCUT2D eigenvalue weighted by Crippen LogP contribution is 2.41. The number of benzene rings is 1. The number of urea groups is 1. The number of amides is 4. The second-order valence-corrected chi connectivity index (χ2v) is 10.7. The Morgan fingerprint density at radius 1 is 1.08 bits per heavy atom. The zero-order valence-electron chi connectivity index (χ0n) is 21.5. The number of nitrogen functional groups attached to an aromatic ring is 1. The fourth-order valence-electron chi connectivity index (χ4n) is 6.15. The van der Waals surface area contributed by atoms with Crippen molar-refractivity contribution in [3.05, 3.63) is 54.2 Å². The number of hydrogen-bond donors (Lipinski definition) is 2. The number of anilines is 2. The van der Waals surface area contributed by atoms with E-state index in [2.05, 4.69) is 10.3 Å². The third kappa shape index (κ3) is 5.33. The van der Waals surface area contributed by atoms with E-state index in [1.54, 1.807) is 23.2 Å². The van der Waals surface area contributed by atoms with E-state index < -0.39 is 18.0 Å². The Balaban J connectivity index is 1.39. The van der Waals surface area contributed by atoms with Gasteiger partial charge in [-0.25, -0.2) is 9.78 Å². The number of aromatic nitrogens is 1. The van der Waals surface area contributed by atoms with Gasteiger partial charge in [0, 0.05) is 24.5 Å². The van der Waals surface area contributed by atoms with E-state index in [9.17, 15) is 14.4 Å². The lowest BCUT2D eigenvalue weighted by Crippen LogP contribution is -2.71. The first-order chi connectivity index (χ1) is 18.0. The maximum Gasteiger partial charge on any atom is 0.325 e. The third-order valence-corrected chi connectivity index (χ3v) is 8.21. The number of hydrogen-bond acceptors (Lipinski definition) is 5. The molecule has 1 aromatic carbocycles. The number of likely N-dealkylation sites (N-methyl/N-ethyl adjacent to an activating group) is 1. The van der Waals surface area contributed by atoms with Crippen molar-refractivity contribution in [1.29, 1.82) is 0 Å². The summed E-state index contributed by atoms with van der Waals surface area (Å²) >= 11 is 0. The second kappa shape index (κ2) is 10.9. The summed E-state index contributed by atoms with van der Waals surface area (Å²) in [7, 11) is 0. The van der Waals surface area contributed by atoms with Crippen LogP contribution in [0.5, 0.6) is 0 Å². The Kier molecular flexibility index (Phi) is 7.44. The van der Waals surface area contributed by atoms with Gasteiger partial charge < -0.3 is 16.0 Å². The maximum absolute atomic E-state index is 13.9. The molecule has 2 saturated carbocycles. The van der Waals surface area contributed by atoms with Crippen molar-refractivity contribution < 1.29 is 14.4 Å². The molecule has 0 radical (unpaired) electrons. The van der Waals surface area contributed by atoms with Crippen LogP contribution in [-0.2, 0) is 16.0 Å². The smallest absolute Gasteiger partial charge is 0.325 e. The highest BCUT2D eigenvalue weighted by molar-refractivity contribution is 6.12. The average Bonchev–Trinajstić information content (AvgIpc) is 3.75. The Labute approximate surface area is 218 Å². The number of rotatable bonds is 8. The highest BCUT2D eigenvalue weighted by Gasteiger charge is 2.56. The summed E-state index contributed by atoms with van der Waals surface area (Å²) in [6.45, 7) is 2.34. The molecule has 2 heterocycles. The van der Waals surface area contributed by atoms with Gasteiger partial charge in [-0.15, -0.1) is 0 Å². The minimum Gasteiger partial charge on any atom is -0.384 e. The van der Waals surface area contributed by atoms with Gasteiger partial charge in [0.15, 0.2) is 0 Å². The first-order valence-electron chi connectivity index (χ1n) is 13.7. The Hall–Kier alpha value is -3.42. The highest BCUT2D eigenvalue weighted by atomic mass is 16.2. The van der Waals surface area contributed by atoms with E-state index in [0.717, 1.165) is 36.9 Å². The van der Waals surface area contributed by atoms with Crippen LogP contribution < -0.4 is 16.0 Å². The van der Waals surface area contributed by atoms with Gasteiger partial charge in [0.25, 0.3) is 5.91 Å². The van der Waals surface area contributed by atoms with Crippen LogP contribution in [0.4, 0.5) is 16.3 Å². The SMILES string of the molecule is CCN(C(=O)[C@@H]1[C@@H](Cc2ccnc(N)c2)C(=O)N1C(=O)N[C@@H](C1CCCCC1)C1CC1)c1ccccc1. The van der Waals surface area contributed by atoms with Crippen molar-refractivity contribution >= 4 is 29.4 Å². The first kappa shape index (κ1) is 25.2. The molecule has 1 aromatic heterocycles. The van der Waals surface area contributed by atoms with Gasteiger partial charge in [-0.2, -0.15) is 0 Å². The number of β-lactam (4-membered cyclic amide) rings is 1. The van der Waals surface area contributed by atoms with Crippen molar-refractivity contribution in [3.8, 4) is 0 Å². The predicted octanol–water partition coefficient (Wildman–Crippen LogP) is 4.15. The zero-order chi connectivity index (χ0) is 25.9. The minimum atomic E-state index is -0.867. The van der Waals surface area contributed by atoms with Crippen LogP contribution >= 0.6 is 0 Å². The second-order valence-electron chi connectivity index (χ2n) is 10.7. The molecule has 2 aromatic rings. The summed E-state index contributed by atoms with van der Waals surface area (Å²) in [6.07, 6.45) is 10.00. The molecule has 0 spiro atoms. The van der Waals surface area contributed by atoms with Gasteiger partial charge in [0.05, 0.1) is 5.92 Å². The summed E-state index contributed by atoms with van der Waals surface area (Å²) in [5.41, 5.74) is 7.43. The third-order valence-electron chi connectivity index (χ3n) is 8.21. The van der Waals surface area contributed by atoms with Gasteiger partial charge in [-0.05, 0) is 80.7 Å². The molecule has 3 aliphatic rings. The number of nitrogens with two attached hydrogens (primary N) is 1. The first-order valence-corrected chi connectivity index (χ1v) is 13.7. The molecule has 5 rings (SSSR count). The van der Waals surface area contributed by atoms with Crippen molar-refractivity contribution in [1.82, 2.24) is 15.2 Å². The van der Waals surface area contributed by atoms with Crippen LogP contribution in [0.3, 0.4) is 0 Å². The van der Waals surface area contributed by atoms with Crippen molar-refractivity contribution in [2.45, 2.75) is 70.4 Å². The quantitative estimate of drug-likeness (QED) is 0.526. The number of likely N-dealkylation sites (tertiary alicyclic amines) is 1. The van der Waals surface area contributed by atoms with Gasteiger partial charge >= 0.3 is 6.03 Å². The van der Waals surface area contributed by atoms with E-state index in [1.807, 2.05) is 37.3 Å². The summed E-state index contributed by atoms with van der Waals surface area (Å²) < 4.78 is 0. The number of carbonyl (C=O) groups is 3. The van der Waals surface area contributed by atoms with Crippen LogP contribution in [0.25, 0.3) is 0 Å². The molecule has 37 heavy (non-hydrogen) atoms. The predicted molar refractivity (Wildman–Crippen MR) is 143 cm³/mol. The van der Waals surface area contributed by atoms with E-state index in [-0.39, 0.29) is 17.9 Å². The van der Waals surface area contributed by atoms with E-state index in [1.165, 1.54) is 24.2 Å². The monoisotopic (exact) mass is 503 g/mol. The van der Waals surface area contributed by atoms with Crippen LogP contribution in [0.1, 0.15) is 57.4 Å². The fourth-order valence-corrected chi connectivity index (χ4v) is 6.15. The van der Waals surface area contributed by atoms with Crippen LogP contribution in [0.15, 0.2) is 48.7 Å². The number of nitrogens with one attached hydrogen (secondary N) is 1. The largest absolute Gasteiger partial charge is 0.384 e. The average molecular weight is 504 g/mol. The topological polar surface area (TPSA) is 109 Å². The summed E-state index contributed by atoms with van der Waals surface area (Å²) in [5, 5.41) is 3.22. The number of para-hydroxylation sites is 1. The maximum atomic E-state index is 13.9. The van der Waals surface area contributed by atoms with Crippen LogP contribution in [-0.4, -0.2) is 46.4 Å². The molecule has 1 saturated heterocycles. The molecule has 196 valence electrons. The van der Waals surface area contributed by atoms with E-state index >= 15 is 0 Å². The number of carbonyl (C=O) groups excluding carboxylic acids is 3. The lowest BCUT2D eigenvalue weighted by atomic mass is 9.80. The van der Waals surface area contributed by atoms with Crippen LogP contribution in [0, 0.1) is 17.8 Å². The number of nitrogens with zero attached hydrogens (tertiary/aromatic N) is 3. The molecule has 4 amide bonds. The molecule has 8 heteroatoms. The molecular formula is C29H37N5O3. The van der Waals surface area contributed by atoms with Gasteiger partial charge in [0.1, 0.15) is 11.9 Å². The molecular weight excluding hydrogens is 466 g/mol. The lowest BCUT2D eigenvalue weighted by molar-refractivity contribution is -0.156. The normalized spacial score (nSPS) is 22.7. The lowest BCUT2D eigenvalue weighted by Gasteiger charge is -2.47. The molecule has 0 bridgehead atoms. The Morgan fingerprint density at radius 3 is 2.43 bits per heavy atom.